The fourth-order valence-electron chi connectivity index (χ4n) is 0.625. The number of carbonyl (C=O) groups is 1. The lowest BCUT2D eigenvalue weighted by molar-refractivity contribution is 0.0525. The molecule has 5 heteroatoms. The summed E-state index contributed by atoms with van der Waals surface area (Å²) in [5, 5.41) is 6.25. The van der Waals surface area contributed by atoms with Crippen LogP contribution in [0.4, 0.5) is 0 Å². The molecular formula is C6H7BrN2O2. The molecule has 4 nitrogen and oxygen atoms in total. The van der Waals surface area contributed by atoms with E-state index in [1.54, 1.807) is 6.92 Å². The van der Waals surface area contributed by atoms with Crippen LogP contribution < -0.4 is 0 Å². The van der Waals surface area contributed by atoms with Gasteiger partial charge >= 0.3 is 5.97 Å². The zero-order chi connectivity index (χ0) is 8.27. The van der Waals surface area contributed by atoms with Gasteiger partial charge in [-0.05, 0) is 22.9 Å². The molecule has 0 atom stereocenters. The summed E-state index contributed by atoms with van der Waals surface area (Å²) in [4.78, 5) is 11.0. The molecule has 11 heavy (non-hydrogen) atoms. The number of halogens is 1. The van der Waals surface area contributed by atoms with Crippen LogP contribution in [0.15, 0.2) is 10.8 Å². The van der Waals surface area contributed by atoms with Gasteiger partial charge in [0.05, 0.1) is 6.61 Å². The molecule has 1 N–H and O–H groups in total. The highest BCUT2D eigenvalue weighted by atomic mass is 79.9. The van der Waals surface area contributed by atoms with Crippen molar-refractivity contribution in [2.75, 3.05) is 6.61 Å². The molecule has 0 fully saturated rings. The van der Waals surface area contributed by atoms with Gasteiger partial charge in [0.1, 0.15) is 10.2 Å². The van der Waals surface area contributed by atoms with Crippen LogP contribution in [-0.4, -0.2) is 22.8 Å². The summed E-state index contributed by atoms with van der Waals surface area (Å²) in [6, 6.07) is 0. The van der Waals surface area contributed by atoms with Gasteiger partial charge in [0, 0.05) is 6.20 Å². The van der Waals surface area contributed by atoms with Crippen molar-refractivity contribution in [3.63, 3.8) is 0 Å². The van der Waals surface area contributed by atoms with Crippen molar-refractivity contribution in [2.45, 2.75) is 6.92 Å². The highest BCUT2D eigenvalue weighted by Crippen LogP contribution is 2.12. The van der Waals surface area contributed by atoms with E-state index < -0.39 is 0 Å². The maximum absolute atomic E-state index is 11.0. The Morgan fingerprint density at radius 2 is 2.64 bits per heavy atom. The first-order valence-corrected chi connectivity index (χ1v) is 3.91. The van der Waals surface area contributed by atoms with E-state index in [9.17, 15) is 4.79 Å². The van der Waals surface area contributed by atoms with E-state index in [2.05, 4.69) is 26.1 Å². The average molecular weight is 219 g/mol. The summed E-state index contributed by atoms with van der Waals surface area (Å²) in [5.41, 5.74) is 0.423. The number of hydrogen-bond donors (Lipinski definition) is 1. The quantitative estimate of drug-likeness (QED) is 0.763. The van der Waals surface area contributed by atoms with Gasteiger partial charge in [-0.15, -0.1) is 0 Å². The van der Waals surface area contributed by atoms with Crippen molar-refractivity contribution < 1.29 is 9.53 Å². The van der Waals surface area contributed by atoms with Crippen molar-refractivity contribution in [1.29, 1.82) is 0 Å². The zero-order valence-electron chi connectivity index (χ0n) is 5.93. The minimum Gasteiger partial charge on any atom is -0.462 e. The molecule has 0 aliphatic rings. The maximum atomic E-state index is 11.0. The molecule has 0 saturated heterocycles. The van der Waals surface area contributed by atoms with Crippen LogP contribution in [0, 0.1) is 0 Å². The van der Waals surface area contributed by atoms with E-state index in [-0.39, 0.29) is 5.97 Å². The molecule has 0 amide bonds. The Labute approximate surface area is 72.1 Å². The fourth-order valence-corrected chi connectivity index (χ4v) is 1.00. The second-order valence-corrected chi connectivity index (χ2v) is 2.56. The molecule has 0 spiro atoms. The summed E-state index contributed by atoms with van der Waals surface area (Å²) < 4.78 is 5.22. The van der Waals surface area contributed by atoms with Crippen LogP contribution in [0.1, 0.15) is 17.3 Å². The lowest BCUT2D eigenvalue weighted by Gasteiger charge is -1.96. The zero-order valence-corrected chi connectivity index (χ0v) is 7.51. The van der Waals surface area contributed by atoms with Crippen molar-refractivity contribution in [3.05, 3.63) is 16.4 Å². The monoisotopic (exact) mass is 218 g/mol. The normalized spacial score (nSPS) is 9.64. The molecule has 0 unspecified atom stereocenters. The Balaban J connectivity index is 2.76. The molecule has 60 valence electrons. The summed E-state index contributed by atoms with van der Waals surface area (Å²) in [6.45, 7) is 2.13. The average Bonchev–Trinajstić information content (AvgIpc) is 2.36. The molecule has 0 aliphatic heterocycles. The number of nitrogens with one attached hydrogen (secondary N) is 1. The number of rotatable bonds is 2. The van der Waals surface area contributed by atoms with E-state index in [4.69, 9.17) is 4.74 Å². The molecule has 0 bridgehead atoms. The first-order chi connectivity index (χ1) is 5.25. The van der Waals surface area contributed by atoms with Crippen LogP contribution in [0.3, 0.4) is 0 Å². The number of hydrogen-bond acceptors (Lipinski definition) is 3. The first kappa shape index (κ1) is 8.26. The van der Waals surface area contributed by atoms with Gasteiger partial charge < -0.3 is 4.74 Å². The molecule has 1 aromatic rings. The second-order valence-electron chi connectivity index (χ2n) is 1.81. The number of ether oxygens (including phenoxy) is 1. The standard InChI is InChI=1S/C6H7BrN2O2/c1-2-11-6(10)4-3-8-9-5(4)7/h3H,2H2,1H3,(H,8,9). The van der Waals surface area contributed by atoms with Gasteiger partial charge in [-0.3, -0.25) is 5.10 Å². The van der Waals surface area contributed by atoms with Crippen LogP contribution >= 0.6 is 15.9 Å². The smallest absolute Gasteiger partial charge is 0.342 e. The fraction of sp³-hybridized carbons (Fsp3) is 0.333. The third-order valence-corrected chi connectivity index (χ3v) is 1.69. The SMILES string of the molecule is CCOC(=O)c1c[nH]nc1Br. The Morgan fingerprint density at radius 3 is 3.09 bits per heavy atom. The summed E-state index contributed by atoms with van der Waals surface area (Å²) >= 11 is 3.09. The van der Waals surface area contributed by atoms with Crippen LogP contribution in [0.25, 0.3) is 0 Å². The van der Waals surface area contributed by atoms with Gasteiger partial charge in [-0.1, -0.05) is 0 Å². The topological polar surface area (TPSA) is 55.0 Å². The van der Waals surface area contributed by atoms with E-state index in [0.29, 0.717) is 16.8 Å². The Bertz CT molecular complexity index is 259. The molecule has 0 radical (unpaired) electrons. The molecule has 1 rings (SSSR count). The number of aromatic amines is 1. The number of aromatic nitrogens is 2. The highest BCUT2D eigenvalue weighted by Gasteiger charge is 2.11. The minimum absolute atomic E-state index is 0.367. The van der Waals surface area contributed by atoms with E-state index >= 15 is 0 Å². The molecule has 0 aromatic carbocycles. The molecule has 1 aromatic heterocycles. The predicted octanol–water partition coefficient (Wildman–Crippen LogP) is 1.35. The highest BCUT2D eigenvalue weighted by molar-refractivity contribution is 9.10. The number of nitrogens with zero attached hydrogens (tertiary/aromatic N) is 1. The largest absolute Gasteiger partial charge is 0.462 e. The summed E-state index contributed by atoms with van der Waals surface area (Å²) in [5.74, 6) is -0.367. The van der Waals surface area contributed by atoms with Crippen LogP contribution in [0.2, 0.25) is 0 Å². The predicted molar refractivity (Wildman–Crippen MR) is 42.2 cm³/mol. The third kappa shape index (κ3) is 1.80. The summed E-state index contributed by atoms with van der Waals surface area (Å²) in [6.07, 6.45) is 1.49. The number of esters is 1. The maximum Gasteiger partial charge on any atom is 0.342 e. The second kappa shape index (κ2) is 3.52. The van der Waals surface area contributed by atoms with Gasteiger partial charge in [-0.2, -0.15) is 5.10 Å². The molecule has 0 aliphatic carbocycles. The Hall–Kier alpha value is -0.840. The number of carbonyl (C=O) groups excluding carboxylic acids is 1. The van der Waals surface area contributed by atoms with Crippen LogP contribution in [-0.2, 0) is 4.74 Å². The molecule has 0 saturated carbocycles. The summed E-state index contributed by atoms with van der Waals surface area (Å²) in [7, 11) is 0. The van der Waals surface area contributed by atoms with Gasteiger partial charge in [0.25, 0.3) is 0 Å². The van der Waals surface area contributed by atoms with Crippen LogP contribution in [0.5, 0.6) is 0 Å². The van der Waals surface area contributed by atoms with Gasteiger partial charge in [-0.25, -0.2) is 4.79 Å². The Morgan fingerprint density at radius 1 is 1.91 bits per heavy atom. The van der Waals surface area contributed by atoms with E-state index in [0.717, 1.165) is 0 Å². The van der Waals surface area contributed by atoms with Crippen molar-refractivity contribution in [1.82, 2.24) is 10.2 Å². The van der Waals surface area contributed by atoms with Gasteiger partial charge in [0.2, 0.25) is 0 Å². The Kier molecular flexibility index (Phi) is 2.64. The third-order valence-electron chi connectivity index (χ3n) is 1.09. The lowest BCUT2D eigenvalue weighted by atomic mass is 10.4. The first-order valence-electron chi connectivity index (χ1n) is 3.12. The van der Waals surface area contributed by atoms with E-state index in [1.807, 2.05) is 0 Å². The van der Waals surface area contributed by atoms with Crippen molar-refractivity contribution >= 4 is 21.9 Å². The van der Waals surface area contributed by atoms with Crippen molar-refractivity contribution in [2.24, 2.45) is 0 Å². The molecular weight excluding hydrogens is 212 g/mol. The van der Waals surface area contributed by atoms with Gasteiger partial charge in [0.15, 0.2) is 0 Å². The van der Waals surface area contributed by atoms with Crippen molar-refractivity contribution in [3.8, 4) is 0 Å². The van der Waals surface area contributed by atoms with E-state index in [1.165, 1.54) is 6.20 Å². The number of H-pyrrole nitrogens is 1. The molecule has 1 heterocycles. The minimum atomic E-state index is -0.367. The lowest BCUT2D eigenvalue weighted by Crippen LogP contribution is -2.03.